The summed E-state index contributed by atoms with van der Waals surface area (Å²) in [6, 6.07) is -0.974. The maximum atomic E-state index is 14.9. The van der Waals surface area contributed by atoms with Crippen molar-refractivity contribution in [2.24, 2.45) is 4.99 Å². The lowest BCUT2D eigenvalue weighted by atomic mass is 10.0. The molecule has 0 spiro atoms. The average molecular weight is 463 g/mol. The highest BCUT2D eigenvalue weighted by molar-refractivity contribution is 8.14. The van der Waals surface area contributed by atoms with E-state index in [2.05, 4.69) is 38.9 Å². The maximum absolute atomic E-state index is 14.9. The van der Waals surface area contributed by atoms with Crippen LogP contribution in [0.3, 0.4) is 0 Å². The number of halogens is 1. The van der Waals surface area contributed by atoms with Crippen LogP contribution in [0.15, 0.2) is 4.99 Å². The number of carbonyl (C=O) groups excluding carboxylic acids is 2. The molecule has 0 aromatic carbocycles. The molecule has 0 saturated carbocycles. The topological polar surface area (TPSA) is 77.4 Å². The van der Waals surface area contributed by atoms with Crippen molar-refractivity contribution < 1.29 is 27.9 Å². The predicted octanol–water partition coefficient (Wildman–Crippen LogP) is 4.37. The molecule has 30 heavy (non-hydrogen) atoms. The van der Waals surface area contributed by atoms with Gasteiger partial charge in [-0.15, -0.1) is 0 Å². The molecular formula is C20H35FN2O5SSi. The molecule has 0 unspecified atom stereocenters. The number of ketones is 1. The second-order valence-electron chi connectivity index (χ2n) is 10.1. The molecule has 2 rings (SSSR count). The van der Waals surface area contributed by atoms with Gasteiger partial charge in [0, 0.05) is 6.54 Å². The molecule has 2 heterocycles. The number of aliphatic imine (C=N–C) groups is 1. The van der Waals surface area contributed by atoms with Crippen LogP contribution in [0.1, 0.15) is 48.5 Å². The molecule has 172 valence electrons. The van der Waals surface area contributed by atoms with Crippen molar-refractivity contribution in [3.8, 4) is 0 Å². The first-order chi connectivity index (χ1) is 13.6. The predicted molar refractivity (Wildman–Crippen MR) is 119 cm³/mol. The number of hydrogen-bond acceptors (Lipinski definition) is 7. The molecule has 0 aromatic heterocycles. The van der Waals surface area contributed by atoms with E-state index >= 15 is 0 Å². The van der Waals surface area contributed by atoms with Gasteiger partial charge < -0.3 is 13.9 Å². The number of fused-ring (bicyclic) bond motifs is 1. The summed E-state index contributed by atoms with van der Waals surface area (Å²) < 4.78 is 32.3. The number of nitrogens with zero attached hydrogens (tertiary/aromatic N) is 2. The molecular weight excluding hydrogens is 427 g/mol. The lowest BCUT2D eigenvalue weighted by molar-refractivity contribution is -0.149. The lowest BCUT2D eigenvalue weighted by Gasteiger charge is -2.38. The lowest BCUT2D eigenvalue weighted by Crippen LogP contribution is -2.53. The fourth-order valence-corrected chi connectivity index (χ4v) is 4.94. The zero-order valence-electron chi connectivity index (χ0n) is 19.4. The third-order valence-corrected chi connectivity index (χ3v) is 11.2. The summed E-state index contributed by atoms with van der Waals surface area (Å²) in [6.45, 7) is 17.9. The van der Waals surface area contributed by atoms with E-state index in [1.54, 1.807) is 27.7 Å². The smallest absolute Gasteiger partial charge is 0.416 e. The van der Waals surface area contributed by atoms with Gasteiger partial charge in [0.05, 0.1) is 6.61 Å². The van der Waals surface area contributed by atoms with E-state index in [4.69, 9.17) is 13.9 Å². The van der Waals surface area contributed by atoms with Crippen molar-refractivity contribution in [3.05, 3.63) is 0 Å². The van der Waals surface area contributed by atoms with Crippen molar-refractivity contribution in [1.29, 1.82) is 0 Å². The fraction of sp³-hybridized carbons (Fsp3) is 0.850. The first kappa shape index (κ1) is 25.3. The molecule has 0 aliphatic carbocycles. The highest BCUT2D eigenvalue weighted by atomic mass is 32.2. The van der Waals surface area contributed by atoms with E-state index in [1.807, 2.05) is 0 Å². The minimum Gasteiger partial charge on any atom is -0.443 e. The van der Waals surface area contributed by atoms with Gasteiger partial charge in [-0.25, -0.2) is 9.18 Å². The number of hydrogen-bond donors (Lipinski definition) is 0. The minimum atomic E-state index is -2.11. The Bertz CT molecular complexity index is 704. The highest BCUT2D eigenvalue weighted by Crippen LogP contribution is 2.40. The third kappa shape index (κ3) is 5.63. The normalized spacial score (nSPS) is 27.5. The standard InChI is InChI=1S/C20H35FN2O5SSi/c1-10-23(18(25)28-19(2,3)4)17-22-14-13(21)15(24)12(27-16(14)29-17)11-26-30(8,9)20(5,6)7/h12-14,16H,10-11H2,1-9H3/t12-,13-,14-,16-/m1/s1. The molecule has 0 N–H and O–H groups in total. The quantitative estimate of drug-likeness (QED) is 0.578. The van der Waals surface area contributed by atoms with Gasteiger partial charge in [0.1, 0.15) is 23.2 Å². The Morgan fingerprint density at radius 3 is 2.37 bits per heavy atom. The van der Waals surface area contributed by atoms with E-state index < -0.39 is 49.5 Å². The number of thioether (sulfide) groups is 1. The Balaban J connectivity index is 2.09. The zero-order chi connectivity index (χ0) is 23.1. The number of rotatable bonds is 4. The van der Waals surface area contributed by atoms with Gasteiger partial charge in [-0.1, -0.05) is 32.5 Å². The molecule has 1 amide bonds. The Morgan fingerprint density at radius 1 is 1.27 bits per heavy atom. The molecule has 4 atom stereocenters. The number of alkyl halides is 1. The van der Waals surface area contributed by atoms with Gasteiger partial charge in [-0.3, -0.25) is 14.7 Å². The van der Waals surface area contributed by atoms with Crippen molar-refractivity contribution >= 4 is 37.1 Å². The van der Waals surface area contributed by atoms with E-state index in [0.717, 1.165) is 11.8 Å². The molecule has 2 aliphatic rings. The third-order valence-electron chi connectivity index (χ3n) is 5.51. The largest absolute Gasteiger partial charge is 0.443 e. The van der Waals surface area contributed by atoms with E-state index in [1.165, 1.54) is 4.90 Å². The molecule has 0 aromatic rings. The molecule has 1 fully saturated rings. The van der Waals surface area contributed by atoms with E-state index in [0.29, 0.717) is 11.7 Å². The first-order valence-electron chi connectivity index (χ1n) is 10.3. The van der Waals surface area contributed by atoms with Crippen molar-refractivity contribution in [3.63, 3.8) is 0 Å². The summed E-state index contributed by atoms with van der Waals surface area (Å²) >= 11 is 1.15. The Kier molecular flexibility index (Phi) is 7.48. The van der Waals surface area contributed by atoms with E-state index in [9.17, 15) is 14.0 Å². The fourth-order valence-electron chi connectivity index (χ4n) is 2.69. The molecule has 0 radical (unpaired) electrons. The number of carbonyl (C=O) groups is 2. The summed E-state index contributed by atoms with van der Waals surface area (Å²) in [4.78, 5) is 30.7. The van der Waals surface area contributed by atoms with Crippen molar-refractivity contribution in [2.75, 3.05) is 13.2 Å². The monoisotopic (exact) mass is 462 g/mol. The van der Waals surface area contributed by atoms with Crippen molar-refractivity contribution in [2.45, 2.75) is 96.0 Å². The minimum absolute atomic E-state index is 0.0262. The average Bonchev–Trinajstić information content (AvgIpc) is 2.98. The summed E-state index contributed by atoms with van der Waals surface area (Å²) in [5.74, 6) is -0.652. The van der Waals surface area contributed by atoms with Crippen LogP contribution >= 0.6 is 11.8 Å². The van der Waals surface area contributed by atoms with Crippen LogP contribution in [0.4, 0.5) is 9.18 Å². The summed E-state index contributed by atoms with van der Waals surface area (Å²) in [5, 5.41) is 0.277. The van der Waals surface area contributed by atoms with Crippen LogP contribution in [-0.4, -0.2) is 72.8 Å². The van der Waals surface area contributed by atoms with Gasteiger partial charge in [0.15, 0.2) is 25.4 Å². The highest BCUT2D eigenvalue weighted by Gasteiger charge is 2.51. The number of amides is 1. The second-order valence-corrected chi connectivity index (χ2v) is 16.0. The van der Waals surface area contributed by atoms with Crippen LogP contribution in [0.25, 0.3) is 0 Å². The maximum Gasteiger partial charge on any atom is 0.416 e. The van der Waals surface area contributed by atoms with Gasteiger partial charge in [0.2, 0.25) is 0 Å². The van der Waals surface area contributed by atoms with Crippen LogP contribution in [0.2, 0.25) is 18.1 Å². The Morgan fingerprint density at radius 2 is 1.87 bits per heavy atom. The van der Waals surface area contributed by atoms with Crippen LogP contribution < -0.4 is 0 Å². The zero-order valence-corrected chi connectivity index (χ0v) is 21.3. The molecule has 0 bridgehead atoms. The van der Waals surface area contributed by atoms with Crippen molar-refractivity contribution in [1.82, 2.24) is 4.90 Å². The summed E-state index contributed by atoms with van der Waals surface area (Å²) in [6.07, 6.45) is -3.33. The SMILES string of the molecule is CCN(C(=O)OC(C)(C)C)C1=N[C@H]2[C@H](O[C@H](CO[Si](C)(C)C(C)(C)C)C(=O)[C@@H]2F)S1. The number of amidine groups is 1. The van der Waals surface area contributed by atoms with Gasteiger partial charge in [-0.2, -0.15) is 0 Å². The van der Waals surface area contributed by atoms with Gasteiger partial charge in [0.25, 0.3) is 0 Å². The Hall–Kier alpha value is -0.973. The number of ether oxygens (including phenoxy) is 2. The Labute approximate surface area is 184 Å². The van der Waals surface area contributed by atoms with Gasteiger partial charge >= 0.3 is 6.09 Å². The van der Waals surface area contributed by atoms with Gasteiger partial charge in [-0.05, 0) is 45.8 Å². The van der Waals surface area contributed by atoms with Crippen LogP contribution in [0, 0.1) is 0 Å². The van der Waals surface area contributed by atoms with Crippen LogP contribution in [0.5, 0.6) is 0 Å². The molecule has 2 aliphatic heterocycles. The first-order valence-corrected chi connectivity index (χ1v) is 14.1. The number of Topliss-reactive ketones (excluding diaryl/α,β-unsaturated/α-hetero) is 1. The van der Waals surface area contributed by atoms with E-state index in [-0.39, 0.29) is 11.6 Å². The summed E-state index contributed by atoms with van der Waals surface area (Å²) in [5.41, 5.74) is -1.35. The second kappa shape index (κ2) is 8.88. The molecule has 1 saturated heterocycles. The molecule has 10 heteroatoms. The molecule has 7 nitrogen and oxygen atoms in total. The van der Waals surface area contributed by atoms with Crippen LogP contribution in [-0.2, 0) is 18.7 Å². The summed E-state index contributed by atoms with van der Waals surface area (Å²) in [7, 11) is -2.11.